The van der Waals surface area contributed by atoms with Gasteiger partial charge in [0.1, 0.15) is 0 Å². The Morgan fingerprint density at radius 3 is 2.44 bits per heavy atom. The van der Waals surface area contributed by atoms with E-state index in [0.717, 1.165) is 0 Å². The van der Waals surface area contributed by atoms with Crippen molar-refractivity contribution < 1.29 is 32.6 Å². The molecule has 10 nitrogen and oxygen atoms in total. The SMILES string of the molecule is COc1cc(NC(=O)c2ccco2)c(C(=O)OCc2nnc(-c3ccc(Cl)cc3)o2)cc1OC. The van der Waals surface area contributed by atoms with Gasteiger partial charge in [0.2, 0.25) is 5.89 Å². The van der Waals surface area contributed by atoms with Crippen LogP contribution in [0.5, 0.6) is 11.5 Å². The molecule has 0 aliphatic rings. The average Bonchev–Trinajstić information content (AvgIpc) is 3.55. The highest BCUT2D eigenvalue weighted by Crippen LogP contribution is 2.34. The van der Waals surface area contributed by atoms with Crippen LogP contribution in [0.4, 0.5) is 5.69 Å². The molecule has 1 amide bonds. The largest absolute Gasteiger partial charge is 0.493 e. The van der Waals surface area contributed by atoms with Crippen molar-refractivity contribution >= 4 is 29.2 Å². The molecule has 0 radical (unpaired) electrons. The summed E-state index contributed by atoms with van der Waals surface area (Å²) in [7, 11) is 2.85. The molecule has 0 aliphatic heterocycles. The first kappa shape index (κ1) is 22.9. The van der Waals surface area contributed by atoms with E-state index in [1.165, 1.54) is 38.7 Å². The van der Waals surface area contributed by atoms with Crippen molar-refractivity contribution in [3.8, 4) is 23.0 Å². The third kappa shape index (κ3) is 5.02. The number of aromatic nitrogens is 2. The number of nitrogens with zero attached hydrogens (tertiary/aromatic N) is 2. The van der Waals surface area contributed by atoms with E-state index in [1.54, 1.807) is 30.3 Å². The van der Waals surface area contributed by atoms with Gasteiger partial charge in [-0.3, -0.25) is 4.79 Å². The number of esters is 1. The van der Waals surface area contributed by atoms with E-state index >= 15 is 0 Å². The number of carbonyl (C=O) groups excluding carboxylic acids is 2. The molecule has 4 aromatic rings. The van der Waals surface area contributed by atoms with Crippen molar-refractivity contribution in [2.45, 2.75) is 6.61 Å². The minimum atomic E-state index is -0.762. The number of nitrogens with one attached hydrogen (secondary N) is 1. The fourth-order valence-corrected chi connectivity index (χ4v) is 3.10. The molecule has 0 saturated heterocycles. The second kappa shape index (κ2) is 10.1. The molecule has 2 aromatic heterocycles. The molecular weight excluding hydrogens is 466 g/mol. The predicted octanol–water partition coefficient (Wildman–Crippen LogP) is 4.61. The van der Waals surface area contributed by atoms with Crippen molar-refractivity contribution in [1.82, 2.24) is 10.2 Å². The maximum Gasteiger partial charge on any atom is 0.340 e. The summed E-state index contributed by atoms with van der Waals surface area (Å²) in [5, 5.41) is 11.0. The van der Waals surface area contributed by atoms with E-state index in [2.05, 4.69) is 15.5 Å². The zero-order valence-electron chi connectivity index (χ0n) is 18.0. The molecule has 2 aromatic carbocycles. The second-order valence-electron chi connectivity index (χ2n) is 6.77. The van der Waals surface area contributed by atoms with Crippen LogP contribution in [0.1, 0.15) is 26.8 Å². The Hall–Kier alpha value is -4.31. The first-order valence-corrected chi connectivity index (χ1v) is 10.2. The molecule has 4 rings (SSSR count). The number of amides is 1. The summed E-state index contributed by atoms with van der Waals surface area (Å²) in [4.78, 5) is 25.4. The van der Waals surface area contributed by atoms with Crippen LogP contribution in [0.25, 0.3) is 11.5 Å². The van der Waals surface area contributed by atoms with E-state index in [0.29, 0.717) is 16.3 Å². The number of halogens is 1. The number of benzene rings is 2. The van der Waals surface area contributed by atoms with Gasteiger partial charge >= 0.3 is 5.97 Å². The number of hydrogen-bond acceptors (Lipinski definition) is 9. The van der Waals surface area contributed by atoms with Crippen LogP contribution in [0, 0.1) is 0 Å². The molecule has 0 fully saturated rings. The van der Waals surface area contributed by atoms with Crippen molar-refractivity contribution in [1.29, 1.82) is 0 Å². The van der Waals surface area contributed by atoms with Gasteiger partial charge in [0.25, 0.3) is 11.8 Å². The summed E-state index contributed by atoms with van der Waals surface area (Å²) in [6, 6.07) is 12.7. The predicted molar refractivity (Wildman–Crippen MR) is 120 cm³/mol. The Bertz CT molecular complexity index is 1300. The average molecular weight is 484 g/mol. The monoisotopic (exact) mass is 483 g/mol. The normalized spacial score (nSPS) is 10.6. The topological polar surface area (TPSA) is 126 Å². The summed E-state index contributed by atoms with van der Waals surface area (Å²) in [5.41, 5.74) is 0.823. The van der Waals surface area contributed by atoms with Crippen LogP contribution < -0.4 is 14.8 Å². The molecule has 2 heterocycles. The Balaban J connectivity index is 1.53. The maximum atomic E-state index is 12.9. The van der Waals surface area contributed by atoms with Crippen LogP contribution in [-0.4, -0.2) is 36.3 Å². The van der Waals surface area contributed by atoms with Gasteiger partial charge in [0, 0.05) is 22.7 Å². The minimum absolute atomic E-state index is 0.0231. The van der Waals surface area contributed by atoms with Crippen LogP contribution in [0.15, 0.2) is 63.6 Å². The van der Waals surface area contributed by atoms with Crippen molar-refractivity contribution in [2.24, 2.45) is 0 Å². The number of hydrogen-bond donors (Lipinski definition) is 1. The fraction of sp³-hybridized carbons (Fsp3) is 0.130. The smallest absolute Gasteiger partial charge is 0.340 e. The summed E-state index contributed by atoms with van der Waals surface area (Å²) in [6.45, 7) is -0.292. The van der Waals surface area contributed by atoms with Gasteiger partial charge in [0.05, 0.1) is 31.7 Å². The maximum absolute atomic E-state index is 12.9. The molecule has 0 atom stereocenters. The zero-order chi connectivity index (χ0) is 24.1. The lowest BCUT2D eigenvalue weighted by molar-refractivity contribution is 0.0439. The fourth-order valence-electron chi connectivity index (χ4n) is 2.97. The molecule has 0 saturated carbocycles. The van der Waals surface area contributed by atoms with E-state index < -0.39 is 11.9 Å². The van der Waals surface area contributed by atoms with Crippen LogP contribution in [0.2, 0.25) is 5.02 Å². The molecule has 0 spiro atoms. The number of anilines is 1. The van der Waals surface area contributed by atoms with Crippen molar-refractivity contribution in [3.63, 3.8) is 0 Å². The van der Waals surface area contributed by atoms with Crippen molar-refractivity contribution in [2.75, 3.05) is 19.5 Å². The van der Waals surface area contributed by atoms with Crippen LogP contribution in [0.3, 0.4) is 0 Å². The molecule has 0 bridgehead atoms. The molecule has 0 aliphatic carbocycles. The van der Waals surface area contributed by atoms with Crippen molar-refractivity contribution in [3.05, 3.63) is 77.0 Å². The quantitative estimate of drug-likeness (QED) is 0.357. The number of furan rings is 1. The van der Waals surface area contributed by atoms with E-state index in [-0.39, 0.29) is 41.1 Å². The van der Waals surface area contributed by atoms with Gasteiger partial charge in [-0.15, -0.1) is 10.2 Å². The highest BCUT2D eigenvalue weighted by molar-refractivity contribution is 6.30. The Kier molecular flexibility index (Phi) is 6.79. The second-order valence-corrected chi connectivity index (χ2v) is 7.20. The minimum Gasteiger partial charge on any atom is -0.493 e. The summed E-state index contributed by atoms with van der Waals surface area (Å²) >= 11 is 5.89. The first-order valence-electron chi connectivity index (χ1n) is 9.85. The van der Waals surface area contributed by atoms with Gasteiger partial charge in [0.15, 0.2) is 23.9 Å². The van der Waals surface area contributed by atoms with Gasteiger partial charge in [-0.05, 0) is 36.4 Å². The van der Waals surface area contributed by atoms with Gasteiger partial charge in [-0.2, -0.15) is 0 Å². The zero-order valence-corrected chi connectivity index (χ0v) is 18.8. The van der Waals surface area contributed by atoms with E-state index in [1.807, 2.05) is 0 Å². The molecule has 34 heavy (non-hydrogen) atoms. The van der Waals surface area contributed by atoms with Crippen LogP contribution in [-0.2, 0) is 11.3 Å². The molecular formula is C23H18ClN3O7. The number of rotatable bonds is 8. The Morgan fingerprint density at radius 2 is 1.76 bits per heavy atom. The third-order valence-corrected chi connectivity index (χ3v) is 4.87. The number of ether oxygens (including phenoxy) is 3. The molecule has 174 valence electrons. The lowest BCUT2D eigenvalue weighted by Crippen LogP contribution is -2.16. The molecule has 1 N–H and O–H groups in total. The lowest BCUT2D eigenvalue weighted by atomic mass is 10.1. The first-order chi connectivity index (χ1) is 16.5. The number of methoxy groups -OCH3 is 2. The Labute approximate surface area is 198 Å². The highest BCUT2D eigenvalue weighted by atomic mass is 35.5. The van der Waals surface area contributed by atoms with Gasteiger partial charge in [-0.25, -0.2) is 4.79 Å². The van der Waals surface area contributed by atoms with E-state index in [9.17, 15) is 9.59 Å². The van der Waals surface area contributed by atoms with E-state index in [4.69, 9.17) is 34.6 Å². The van der Waals surface area contributed by atoms with Gasteiger partial charge in [-0.1, -0.05) is 11.6 Å². The third-order valence-electron chi connectivity index (χ3n) is 4.62. The lowest BCUT2D eigenvalue weighted by Gasteiger charge is -2.14. The summed E-state index contributed by atoms with van der Waals surface area (Å²) in [6.07, 6.45) is 1.36. The standard InChI is InChI=1S/C23H18ClN3O7/c1-30-18-10-15(16(11-19(18)31-2)25-21(28)17-4-3-9-32-17)23(29)33-12-20-26-27-22(34-20)13-5-7-14(24)8-6-13/h3-11H,12H2,1-2H3,(H,25,28). The molecule has 11 heteroatoms. The molecule has 0 unspecified atom stereocenters. The number of carbonyl (C=O) groups is 2. The van der Waals surface area contributed by atoms with Crippen LogP contribution >= 0.6 is 11.6 Å². The summed E-state index contributed by atoms with van der Waals surface area (Å²) < 4.78 is 26.5. The highest BCUT2D eigenvalue weighted by Gasteiger charge is 2.22. The van der Waals surface area contributed by atoms with Gasteiger partial charge < -0.3 is 28.4 Å². The summed E-state index contributed by atoms with van der Waals surface area (Å²) in [5.74, 6) is -0.348. The Morgan fingerprint density at radius 1 is 1.03 bits per heavy atom.